The number of carbonyl (C=O) groups is 1. The zero-order valence-corrected chi connectivity index (χ0v) is 14.7. The van der Waals surface area contributed by atoms with Gasteiger partial charge < -0.3 is 14.4 Å². The van der Waals surface area contributed by atoms with Gasteiger partial charge in [0.1, 0.15) is 5.75 Å². The molecule has 1 aliphatic rings. The van der Waals surface area contributed by atoms with Gasteiger partial charge in [0, 0.05) is 25.5 Å². The molecule has 1 aromatic carbocycles. The van der Waals surface area contributed by atoms with Crippen molar-refractivity contribution >= 4 is 5.91 Å². The molecule has 0 saturated carbocycles. The minimum atomic E-state index is -0.169. The number of hydrogen-bond donors (Lipinski definition) is 0. The summed E-state index contributed by atoms with van der Waals surface area (Å²) in [5, 5.41) is 0. The highest BCUT2D eigenvalue weighted by Crippen LogP contribution is 2.31. The molecule has 1 amide bonds. The molecule has 0 spiro atoms. The van der Waals surface area contributed by atoms with Gasteiger partial charge in [-0.05, 0) is 42.7 Å². The summed E-state index contributed by atoms with van der Waals surface area (Å²) in [4.78, 5) is 19.3. The number of hydrogen-bond acceptors (Lipinski definition) is 4. The number of benzene rings is 1. The summed E-state index contributed by atoms with van der Waals surface area (Å²) >= 11 is 0. The smallest absolute Gasteiger partial charge is 0.228 e. The SMILES string of the molecule is CCN(C(=O)C1CCOC1)C(c1ccc(OC)cc1)c1cccnc1. The third-order valence-corrected chi connectivity index (χ3v) is 4.65. The predicted molar refractivity (Wildman–Crippen MR) is 95.4 cm³/mol. The molecule has 0 radical (unpaired) electrons. The third-order valence-electron chi connectivity index (χ3n) is 4.65. The molecular formula is C20H24N2O3. The molecule has 5 heteroatoms. The van der Waals surface area contributed by atoms with Gasteiger partial charge in [-0.25, -0.2) is 0 Å². The maximum absolute atomic E-state index is 13.1. The summed E-state index contributed by atoms with van der Waals surface area (Å²) in [7, 11) is 1.65. The number of methoxy groups -OCH3 is 1. The molecule has 132 valence electrons. The highest BCUT2D eigenvalue weighted by atomic mass is 16.5. The Labute approximate surface area is 148 Å². The van der Waals surface area contributed by atoms with E-state index in [1.54, 1.807) is 13.3 Å². The number of ether oxygens (including phenoxy) is 2. The van der Waals surface area contributed by atoms with E-state index < -0.39 is 0 Å². The molecule has 1 aromatic heterocycles. The molecule has 0 aliphatic carbocycles. The second-order valence-corrected chi connectivity index (χ2v) is 6.15. The number of amides is 1. The van der Waals surface area contributed by atoms with Crippen LogP contribution in [0.15, 0.2) is 48.8 Å². The third kappa shape index (κ3) is 3.82. The summed E-state index contributed by atoms with van der Waals surface area (Å²) in [6, 6.07) is 11.6. The van der Waals surface area contributed by atoms with Gasteiger partial charge in [-0.2, -0.15) is 0 Å². The summed E-state index contributed by atoms with van der Waals surface area (Å²) in [6.07, 6.45) is 4.37. The van der Waals surface area contributed by atoms with Gasteiger partial charge in [-0.3, -0.25) is 9.78 Å². The molecule has 0 bridgehead atoms. The molecule has 25 heavy (non-hydrogen) atoms. The minimum absolute atomic E-state index is 0.0580. The maximum Gasteiger partial charge on any atom is 0.228 e. The van der Waals surface area contributed by atoms with E-state index in [-0.39, 0.29) is 17.9 Å². The van der Waals surface area contributed by atoms with Gasteiger partial charge in [0.15, 0.2) is 0 Å². The van der Waals surface area contributed by atoms with Gasteiger partial charge in [-0.15, -0.1) is 0 Å². The van der Waals surface area contributed by atoms with Crippen molar-refractivity contribution in [1.82, 2.24) is 9.88 Å². The Balaban J connectivity index is 1.98. The van der Waals surface area contributed by atoms with Gasteiger partial charge in [-0.1, -0.05) is 18.2 Å². The van der Waals surface area contributed by atoms with Crippen LogP contribution >= 0.6 is 0 Å². The lowest BCUT2D eigenvalue weighted by molar-refractivity contribution is -0.137. The van der Waals surface area contributed by atoms with E-state index in [1.165, 1.54) is 0 Å². The fourth-order valence-corrected chi connectivity index (χ4v) is 3.31. The number of aromatic nitrogens is 1. The topological polar surface area (TPSA) is 51.7 Å². The first-order chi connectivity index (χ1) is 12.2. The molecule has 1 fully saturated rings. The van der Waals surface area contributed by atoms with Crippen molar-refractivity contribution in [3.8, 4) is 5.75 Å². The van der Waals surface area contributed by atoms with Crippen LogP contribution in [0.1, 0.15) is 30.5 Å². The van der Waals surface area contributed by atoms with Crippen molar-refractivity contribution in [1.29, 1.82) is 0 Å². The molecule has 3 rings (SSSR count). The molecule has 1 aliphatic heterocycles. The molecule has 2 unspecified atom stereocenters. The van der Waals surface area contributed by atoms with Gasteiger partial charge in [0.25, 0.3) is 0 Å². The van der Waals surface area contributed by atoms with E-state index in [9.17, 15) is 4.79 Å². The zero-order chi connectivity index (χ0) is 17.6. The van der Waals surface area contributed by atoms with Crippen LogP contribution in [0.2, 0.25) is 0 Å². The highest BCUT2D eigenvalue weighted by Gasteiger charge is 2.32. The normalized spacial score (nSPS) is 17.9. The lowest BCUT2D eigenvalue weighted by atomic mass is 9.96. The van der Waals surface area contributed by atoms with Crippen LogP contribution in [-0.4, -0.2) is 42.7 Å². The van der Waals surface area contributed by atoms with Crippen molar-refractivity contribution < 1.29 is 14.3 Å². The van der Waals surface area contributed by atoms with E-state index in [0.717, 1.165) is 23.3 Å². The first kappa shape index (κ1) is 17.4. The Morgan fingerprint density at radius 1 is 1.32 bits per heavy atom. The Bertz CT molecular complexity index is 682. The van der Waals surface area contributed by atoms with E-state index in [1.807, 2.05) is 54.4 Å². The Morgan fingerprint density at radius 2 is 2.12 bits per heavy atom. The largest absolute Gasteiger partial charge is 0.497 e. The van der Waals surface area contributed by atoms with Crippen molar-refractivity contribution in [2.75, 3.05) is 26.9 Å². The number of carbonyl (C=O) groups excluding carboxylic acids is 1. The number of nitrogens with zero attached hydrogens (tertiary/aromatic N) is 2. The van der Waals surface area contributed by atoms with Crippen LogP contribution in [-0.2, 0) is 9.53 Å². The number of pyridine rings is 1. The molecule has 2 aromatic rings. The van der Waals surface area contributed by atoms with Crippen molar-refractivity contribution in [3.63, 3.8) is 0 Å². The Kier molecular flexibility index (Phi) is 5.66. The van der Waals surface area contributed by atoms with E-state index in [4.69, 9.17) is 9.47 Å². The zero-order valence-electron chi connectivity index (χ0n) is 14.7. The Morgan fingerprint density at radius 3 is 2.68 bits per heavy atom. The predicted octanol–water partition coefficient (Wildman–Crippen LogP) is 3.06. The summed E-state index contributed by atoms with van der Waals surface area (Å²) < 4.78 is 10.7. The van der Waals surface area contributed by atoms with E-state index >= 15 is 0 Å². The van der Waals surface area contributed by atoms with Crippen molar-refractivity contribution in [2.24, 2.45) is 5.92 Å². The number of rotatable bonds is 6. The molecule has 2 atom stereocenters. The standard InChI is InChI=1S/C20H24N2O3/c1-3-22(20(23)17-10-12-25-14-17)19(16-5-4-11-21-13-16)15-6-8-18(24-2)9-7-15/h4-9,11,13,17,19H,3,10,12,14H2,1-2H3. The van der Waals surface area contributed by atoms with Crippen molar-refractivity contribution in [2.45, 2.75) is 19.4 Å². The van der Waals surface area contributed by atoms with Crippen molar-refractivity contribution in [3.05, 3.63) is 59.9 Å². The lowest BCUT2D eigenvalue weighted by Gasteiger charge is -2.33. The maximum atomic E-state index is 13.1. The minimum Gasteiger partial charge on any atom is -0.497 e. The van der Waals surface area contributed by atoms with Crippen LogP contribution < -0.4 is 4.74 Å². The van der Waals surface area contributed by atoms with Crippen LogP contribution in [0.5, 0.6) is 5.75 Å². The fourth-order valence-electron chi connectivity index (χ4n) is 3.31. The second-order valence-electron chi connectivity index (χ2n) is 6.15. The first-order valence-electron chi connectivity index (χ1n) is 8.66. The van der Waals surface area contributed by atoms with Gasteiger partial charge >= 0.3 is 0 Å². The second kappa shape index (κ2) is 8.12. The molecule has 5 nitrogen and oxygen atoms in total. The van der Waals surface area contributed by atoms with Gasteiger partial charge in [0.05, 0.1) is 25.7 Å². The molecular weight excluding hydrogens is 316 g/mol. The summed E-state index contributed by atoms with van der Waals surface area (Å²) in [5.74, 6) is 0.884. The van der Waals surface area contributed by atoms with Crippen LogP contribution in [0.3, 0.4) is 0 Å². The average molecular weight is 340 g/mol. The fraction of sp³-hybridized carbons (Fsp3) is 0.400. The average Bonchev–Trinajstić information content (AvgIpc) is 3.21. The quantitative estimate of drug-likeness (QED) is 0.811. The Hall–Kier alpha value is -2.40. The van der Waals surface area contributed by atoms with Gasteiger partial charge in [0.2, 0.25) is 5.91 Å². The summed E-state index contributed by atoms with van der Waals surface area (Å²) in [5.41, 5.74) is 2.05. The van der Waals surface area contributed by atoms with Crippen LogP contribution in [0, 0.1) is 5.92 Å². The van der Waals surface area contributed by atoms with E-state index in [2.05, 4.69) is 4.98 Å². The van der Waals surface area contributed by atoms with Crippen LogP contribution in [0.4, 0.5) is 0 Å². The molecule has 0 N–H and O–H groups in total. The molecule has 1 saturated heterocycles. The monoisotopic (exact) mass is 340 g/mol. The first-order valence-corrected chi connectivity index (χ1v) is 8.66. The van der Waals surface area contributed by atoms with E-state index in [0.29, 0.717) is 19.8 Å². The highest BCUT2D eigenvalue weighted by molar-refractivity contribution is 5.80. The summed E-state index contributed by atoms with van der Waals surface area (Å²) in [6.45, 7) is 3.81. The molecule has 2 heterocycles. The van der Waals surface area contributed by atoms with Crippen LogP contribution in [0.25, 0.3) is 0 Å². The lowest BCUT2D eigenvalue weighted by Crippen LogP contribution is -2.39.